The van der Waals surface area contributed by atoms with Gasteiger partial charge in [-0.25, -0.2) is 4.79 Å². The first-order valence-corrected chi connectivity index (χ1v) is 5.42. The van der Waals surface area contributed by atoms with Crippen LogP contribution in [-0.2, 0) is 16.0 Å². The number of ether oxygens (including phenoxy) is 1. The van der Waals surface area contributed by atoms with E-state index in [1.165, 1.54) is 0 Å². The lowest BCUT2D eigenvalue weighted by molar-refractivity contribution is -0.107. The average Bonchev–Trinajstić information content (AvgIpc) is 2.36. The van der Waals surface area contributed by atoms with Crippen LogP contribution in [0.2, 0.25) is 0 Å². The monoisotopic (exact) mass is 234 g/mol. The van der Waals surface area contributed by atoms with Gasteiger partial charge < -0.3 is 9.53 Å². The van der Waals surface area contributed by atoms with Crippen LogP contribution in [0.15, 0.2) is 18.2 Å². The summed E-state index contributed by atoms with van der Waals surface area (Å²) >= 11 is 0. The van der Waals surface area contributed by atoms with Crippen LogP contribution < -0.4 is 0 Å². The van der Waals surface area contributed by atoms with Crippen LogP contribution in [0.1, 0.15) is 39.6 Å². The minimum absolute atomic E-state index is 0.275. The first-order chi connectivity index (χ1) is 8.24. The van der Waals surface area contributed by atoms with Crippen molar-refractivity contribution < 1.29 is 19.1 Å². The summed E-state index contributed by atoms with van der Waals surface area (Å²) in [5.41, 5.74) is 1.36. The fourth-order valence-electron chi connectivity index (χ4n) is 1.60. The van der Waals surface area contributed by atoms with Crippen molar-refractivity contribution >= 4 is 18.5 Å². The van der Waals surface area contributed by atoms with Crippen LogP contribution in [0.25, 0.3) is 0 Å². The molecule has 0 saturated heterocycles. The fourth-order valence-corrected chi connectivity index (χ4v) is 1.60. The molecule has 0 atom stereocenters. The molecule has 4 nitrogen and oxygen atoms in total. The van der Waals surface area contributed by atoms with E-state index in [-0.39, 0.29) is 13.0 Å². The highest BCUT2D eigenvalue weighted by Crippen LogP contribution is 2.16. The molecule has 0 aliphatic rings. The zero-order chi connectivity index (χ0) is 12.7. The molecule has 0 saturated carbocycles. The van der Waals surface area contributed by atoms with E-state index in [9.17, 15) is 14.4 Å². The SMILES string of the molecule is CCOC(=O)c1cccc(C=O)c1CCC=O. The Labute approximate surface area is 99.6 Å². The molecule has 0 aliphatic heterocycles. The summed E-state index contributed by atoms with van der Waals surface area (Å²) in [5, 5.41) is 0. The number of carbonyl (C=O) groups excluding carboxylic acids is 3. The predicted octanol–water partition coefficient (Wildman–Crippen LogP) is 1.81. The molecule has 0 unspecified atom stereocenters. The van der Waals surface area contributed by atoms with E-state index >= 15 is 0 Å². The third-order valence-electron chi connectivity index (χ3n) is 2.35. The minimum Gasteiger partial charge on any atom is -0.462 e. The van der Waals surface area contributed by atoms with Crippen molar-refractivity contribution in [3.05, 3.63) is 34.9 Å². The average molecular weight is 234 g/mol. The van der Waals surface area contributed by atoms with Gasteiger partial charge >= 0.3 is 5.97 Å². The molecule has 0 fully saturated rings. The van der Waals surface area contributed by atoms with Gasteiger partial charge in [-0.1, -0.05) is 12.1 Å². The molecular formula is C13H14O4. The summed E-state index contributed by atoms with van der Waals surface area (Å²) in [7, 11) is 0. The first kappa shape index (κ1) is 13.1. The number of hydrogen-bond donors (Lipinski definition) is 0. The Balaban J connectivity index is 3.13. The van der Waals surface area contributed by atoms with E-state index in [0.717, 1.165) is 6.29 Å². The van der Waals surface area contributed by atoms with Gasteiger partial charge in [0.2, 0.25) is 0 Å². The predicted molar refractivity (Wildman–Crippen MR) is 62.2 cm³/mol. The highest BCUT2D eigenvalue weighted by atomic mass is 16.5. The molecule has 0 N–H and O–H groups in total. The van der Waals surface area contributed by atoms with Gasteiger partial charge in [-0.15, -0.1) is 0 Å². The van der Waals surface area contributed by atoms with Gasteiger partial charge in [0.15, 0.2) is 0 Å². The molecule has 1 aromatic rings. The molecule has 0 amide bonds. The van der Waals surface area contributed by atoms with Crippen molar-refractivity contribution in [1.82, 2.24) is 0 Å². The van der Waals surface area contributed by atoms with E-state index in [1.54, 1.807) is 25.1 Å². The summed E-state index contributed by atoms with van der Waals surface area (Å²) in [4.78, 5) is 32.9. The van der Waals surface area contributed by atoms with E-state index in [0.29, 0.717) is 29.4 Å². The molecule has 17 heavy (non-hydrogen) atoms. The number of carbonyl (C=O) groups is 3. The molecule has 0 bridgehead atoms. The number of rotatable bonds is 6. The normalized spacial score (nSPS) is 9.71. The first-order valence-electron chi connectivity index (χ1n) is 5.42. The minimum atomic E-state index is -0.461. The molecular weight excluding hydrogens is 220 g/mol. The molecule has 0 aromatic heterocycles. The highest BCUT2D eigenvalue weighted by molar-refractivity contribution is 5.94. The zero-order valence-corrected chi connectivity index (χ0v) is 9.64. The van der Waals surface area contributed by atoms with E-state index in [1.807, 2.05) is 0 Å². The topological polar surface area (TPSA) is 60.4 Å². The molecule has 0 heterocycles. The molecule has 90 valence electrons. The lowest BCUT2D eigenvalue weighted by atomic mass is 9.98. The van der Waals surface area contributed by atoms with Gasteiger partial charge in [0.05, 0.1) is 12.2 Å². The lowest BCUT2D eigenvalue weighted by Gasteiger charge is -2.09. The van der Waals surface area contributed by atoms with Gasteiger partial charge in [-0.3, -0.25) is 4.79 Å². The van der Waals surface area contributed by atoms with Crippen LogP contribution in [0.4, 0.5) is 0 Å². The largest absolute Gasteiger partial charge is 0.462 e. The van der Waals surface area contributed by atoms with Crippen LogP contribution in [0.3, 0.4) is 0 Å². The molecule has 0 radical (unpaired) electrons. The van der Waals surface area contributed by atoms with E-state index in [4.69, 9.17) is 4.74 Å². The smallest absolute Gasteiger partial charge is 0.338 e. The van der Waals surface area contributed by atoms with Crippen molar-refractivity contribution in [2.75, 3.05) is 6.61 Å². The van der Waals surface area contributed by atoms with Crippen molar-refractivity contribution in [3.63, 3.8) is 0 Å². The van der Waals surface area contributed by atoms with Gasteiger partial charge in [-0.2, -0.15) is 0 Å². The summed E-state index contributed by atoms with van der Waals surface area (Å²) in [6.45, 7) is 1.99. The number of esters is 1. The third-order valence-corrected chi connectivity index (χ3v) is 2.35. The Hall–Kier alpha value is -1.97. The highest BCUT2D eigenvalue weighted by Gasteiger charge is 2.14. The summed E-state index contributed by atoms with van der Waals surface area (Å²) < 4.78 is 4.90. The van der Waals surface area contributed by atoms with Crippen molar-refractivity contribution in [2.24, 2.45) is 0 Å². The molecule has 1 rings (SSSR count). The quantitative estimate of drug-likeness (QED) is 0.556. The van der Waals surface area contributed by atoms with Gasteiger partial charge in [0.25, 0.3) is 0 Å². The van der Waals surface area contributed by atoms with Crippen LogP contribution in [-0.4, -0.2) is 25.1 Å². The second-order valence-electron chi connectivity index (χ2n) is 3.42. The van der Waals surface area contributed by atoms with Crippen molar-refractivity contribution in [1.29, 1.82) is 0 Å². The van der Waals surface area contributed by atoms with Crippen LogP contribution >= 0.6 is 0 Å². The maximum atomic E-state index is 11.7. The van der Waals surface area contributed by atoms with Gasteiger partial charge in [0.1, 0.15) is 12.6 Å². The second-order valence-corrected chi connectivity index (χ2v) is 3.42. The number of aldehydes is 2. The lowest BCUT2D eigenvalue weighted by Crippen LogP contribution is -2.10. The summed E-state index contributed by atoms with van der Waals surface area (Å²) in [6, 6.07) is 4.85. The van der Waals surface area contributed by atoms with Gasteiger partial charge in [0, 0.05) is 12.0 Å². The zero-order valence-electron chi connectivity index (χ0n) is 9.64. The fraction of sp³-hybridized carbons (Fsp3) is 0.308. The van der Waals surface area contributed by atoms with Crippen LogP contribution in [0, 0.1) is 0 Å². The maximum absolute atomic E-state index is 11.7. The Kier molecular flexibility index (Phi) is 5.07. The summed E-state index contributed by atoms with van der Waals surface area (Å²) in [5.74, 6) is -0.461. The van der Waals surface area contributed by atoms with Crippen molar-refractivity contribution in [2.45, 2.75) is 19.8 Å². The maximum Gasteiger partial charge on any atom is 0.338 e. The molecule has 4 heteroatoms. The number of hydrogen-bond acceptors (Lipinski definition) is 4. The Morgan fingerprint density at radius 1 is 1.35 bits per heavy atom. The van der Waals surface area contributed by atoms with Crippen LogP contribution in [0.5, 0.6) is 0 Å². The Morgan fingerprint density at radius 3 is 2.71 bits per heavy atom. The molecule has 1 aromatic carbocycles. The summed E-state index contributed by atoms with van der Waals surface area (Å²) in [6.07, 6.45) is 2.09. The molecule has 0 spiro atoms. The Morgan fingerprint density at radius 2 is 2.12 bits per heavy atom. The van der Waals surface area contributed by atoms with E-state index < -0.39 is 5.97 Å². The third kappa shape index (κ3) is 3.24. The standard InChI is InChI=1S/C13H14O4/c1-2-17-13(16)12-6-3-5-10(9-15)11(12)7-4-8-14/h3,5-6,8-9H,2,4,7H2,1H3. The second kappa shape index (κ2) is 6.58. The number of benzene rings is 1. The Bertz CT molecular complexity index is 423. The molecule has 0 aliphatic carbocycles. The van der Waals surface area contributed by atoms with Gasteiger partial charge in [-0.05, 0) is 25.0 Å². The van der Waals surface area contributed by atoms with Crippen molar-refractivity contribution in [3.8, 4) is 0 Å². The van der Waals surface area contributed by atoms with E-state index in [2.05, 4.69) is 0 Å².